The molecule has 0 bridgehead atoms. The van der Waals surface area contributed by atoms with Gasteiger partial charge < -0.3 is 18.9 Å². The highest BCUT2D eigenvalue weighted by Gasteiger charge is 2.53. The van der Waals surface area contributed by atoms with E-state index in [9.17, 15) is 4.79 Å². The summed E-state index contributed by atoms with van der Waals surface area (Å²) >= 11 is 0. The highest BCUT2D eigenvalue weighted by molar-refractivity contribution is 5.91. The number of ether oxygens (including phenoxy) is 2. The van der Waals surface area contributed by atoms with Crippen molar-refractivity contribution in [3.8, 4) is 5.75 Å². The van der Waals surface area contributed by atoms with Crippen molar-refractivity contribution in [2.75, 3.05) is 33.9 Å². The van der Waals surface area contributed by atoms with E-state index in [1.165, 1.54) is 5.69 Å². The molecule has 2 heterocycles. The minimum atomic E-state index is -0.328. The van der Waals surface area contributed by atoms with E-state index in [0.29, 0.717) is 5.92 Å². The molecular formula is C23H31N3O3. The molecule has 156 valence electrons. The zero-order valence-corrected chi connectivity index (χ0v) is 17.7. The van der Waals surface area contributed by atoms with E-state index >= 15 is 0 Å². The Morgan fingerprint density at radius 3 is 2.66 bits per heavy atom. The molecule has 1 atom stereocenters. The van der Waals surface area contributed by atoms with Gasteiger partial charge >= 0.3 is 0 Å². The van der Waals surface area contributed by atoms with Gasteiger partial charge in [-0.25, -0.2) is 4.98 Å². The Kier molecular flexibility index (Phi) is 5.63. The van der Waals surface area contributed by atoms with Gasteiger partial charge in [0, 0.05) is 51.2 Å². The molecule has 0 spiro atoms. The Hall–Kier alpha value is -2.34. The summed E-state index contributed by atoms with van der Waals surface area (Å²) in [6.45, 7) is 5.33. The number of carbonyl (C=O) groups is 1. The largest absolute Gasteiger partial charge is 0.497 e. The molecule has 6 heteroatoms. The van der Waals surface area contributed by atoms with Gasteiger partial charge in [0.15, 0.2) is 0 Å². The van der Waals surface area contributed by atoms with E-state index in [1.807, 2.05) is 30.5 Å². The van der Waals surface area contributed by atoms with Crippen LogP contribution in [0.1, 0.15) is 48.7 Å². The molecule has 2 aliphatic rings. The zero-order valence-electron chi connectivity index (χ0n) is 17.7. The lowest BCUT2D eigenvalue weighted by molar-refractivity contribution is -0.132. The minimum absolute atomic E-state index is 0.277. The third-order valence-corrected chi connectivity index (χ3v) is 6.46. The van der Waals surface area contributed by atoms with Crippen molar-refractivity contribution in [2.45, 2.75) is 50.5 Å². The van der Waals surface area contributed by atoms with Gasteiger partial charge in [0.25, 0.3) is 0 Å². The van der Waals surface area contributed by atoms with Crippen LogP contribution in [-0.2, 0) is 21.5 Å². The summed E-state index contributed by atoms with van der Waals surface area (Å²) in [4.78, 5) is 20.2. The van der Waals surface area contributed by atoms with E-state index in [0.717, 1.165) is 69.1 Å². The molecule has 0 radical (unpaired) electrons. The summed E-state index contributed by atoms with van der Waals surface area (Å²) in [6.07, 6.45) is 5.77. The summed E-state index contributed by atoms with van der Waals surface area (Å²) in [5.74, 6) is 2.53. The quantitative estimate of drug-likeness (QED) is 0.642. The molecule has 4 rings (SSSR count). The molecule has 29 heavy (non-hydrogen) atoms. The normalized spacial score (nSPS) is 20.1. The highest BCUT2D eigenvalue weighted by Crippen LogP contribution is 2.50. The molecule has 2 fully saturated rings. The summed E-state index contributed by atoms with van der Waals surface area (Å²) in [6, 6.07) is 8.00. The molecule has 2 aromatic rings. The molecular weight excluding hydrogens is 366 g/mol. The Balaban J connectivity index is 1.45. The van der Waals surface area contributed by atoms with E-state index in [4.69, 9.17) is 14.5 Å². The molecule has 6 nitrogen and oxygen atoms in total. The summed E-state index contributed by atoms with van der Waals surface area (Å²) < 4.78 is 12.8. The molecule has 1 amide bonds. The van der Waals surface area contributed by atoms with Crippen LogP contribution in [0.25, 0.3) is 0 Å². The lowest BCUT2D eigenvalue weighted by Gasteiger charge is -2.24. The van der Waals surface area contributed by atoms with Gasteiger partial charge in [-0.1, -0.05) is 12.1 Å². The van der Waals surface area contributed by atoms with Gasteiger partial charge in [0.1, 0.15) is 11.6 Å². The second-order valence-electron chi connectivity index (χ2n) is 8.30. The van der Waals surface area contributed by atoms with Crippen LogP contribution < -0.4 is 4.74 Å². The van der Waals surface area contributed by atoms with E-state index < -0.39 is 0 Å². The molecule has 1 aromatic carbocycles. The number of benzene rings is 1. The molecule has 0 N–H and O–H groups in total. The van der Waals surface area contributed by atoms with Crippen molar-refractivity contribution >= 4 is 5.91 Å². The van der Waals surface area contributed by atoms with Crippen LogP contribution in [0.15, 0.2) is 30.5 Å². The van der Waals surface area contributed by atoms with E-state index in [-0.39, 0.29) is 11.3 Å². The minimum Gasteiger partial charge on any atom is -0.497 e. The fourth-order valence-corrected chi connectivity index (χ4v) is 4.58. The van der Waals surface area contributed by atoms with Crippen molar-refractivity contribution in [2.24, 2.45) is 0 Å². The number of nitrogens with zero attached hydrogens (tertiary/aromatic N) is 3. The Morgan fingerprint density at radius 1 is 1.24 bits per heavy atom. The second-order valence-corrected chi connectivity index (χ2v) is 8.30. The maximum absolute atomic E-state index is 13.4. The fraction of sp³-hybridized carbons (Fsp3) is 0.565. The lowest BCUT2D eigenvalue weighted by atomic mass is 9.94. The number of imidazole rings is 1. The Bertz CT molecular complexity index is 855. The summed E-state index contributed by atoms with van der Waals surface area (Å²) in [7, 11) is 3.40. The van der Waals surface area contributed by atoms with Crippen molar-refractivity contribution in [1.82, 2.24) is 14.5 Å². The Labute approximate surface area is 172 Å². The number of carbonyl (C=O) groups excluding carboxylic acids is 1. The van der Waals surface area contributed by atoms with Gasteiger partial charge in [0.2, 0.25) is 5.91 Å². The van der Waals surface area contributed by atoms with Crippen LogP contribution in [0.5, 0.6) is 5.75 Å². The lowest BCUT2D eigenvalue weighted by Crippen LogP contribution is -2.37. The highest BCUT2D eigenvalue weighted by atomic mass is 16.5. The number of hydrogen-bond acceptors (Lipinski definition) is 4. The SMILES string of the molecule is COCCCn1c(C)cnc1C1CCN(C(=O)C2(c3ccc(OC)cc3)CC2)C1. The average molecular weight is 398 g/mol. The first kappa shape index (κ1) is 20.0. The predicted octanol–water partition coefficient (Wildman–Crippen LogP) is 3.28. The maximum Gasteiger partial charge on any atom is 0.233 e. The van der Waals surface area contributed by atoms with Crippen molar-refractivity contribution < 1.29 is 14.3 Å². The first-order valence-electron chi connectivity index (χ1n) is 10.5. The topological polar surface area (TPSA) is 56.6 Å². The molecule has 1 saturated carbocycles. The fourth-order valence-electron chi connectivity index (χ4n) is 4.58. The van der Waals surface area contributed by atoms with Crippen molar-refractivity contribution in [1.29, 1.82) is 0 Å². The number of methoxy groups -OCH3 is 2. The first-order chi connectivity index (χ1) is 14.1. The third-order valence-electron chi connectivity index (χ3n) is 6.46. The standard InChI is InChI=1S/C23H31N3O3/c1-17-15-24-21(26(17)12-4-14-28-2)18-9-13-25(16-18)22(27)23(10-11-23)19-5-7-20(29-3)8-6-19/h5-8,15,18H,4,9-14,16H2,1-3H3. The molecule has 1 saturated heterocycles. The van der Waals surface area contributed by atoms with Gasteiger partial charge in [-0.15, -0.1) is 0 Å². The molecule has 1 aromatic heterocycles. The summed E-state index contributed by atoms with van der Waals surface area (Å²) in [5.41, 5.74) is 1.96. The third kappa shape index (κ3) is 3.78. The van der Waals surface area contributed by atoms with Gasteiger partial charge in [-0.2, -0.15) is 0 Å². The molecule has 1 aliphatic heterocycles. The van der Waals surface area contributed by atoms with Crippen LogP contribution in [0.3, 0.4) is 0 Å². The second kappa shape index (κ2) is 8.19. The number of rotatable bonds is 8. The Morgan fingerprint density at radius 2 is 2.00 bits per heavy atom. The predicted molar refractivity (Wildman–Crippen MR) is 111 cm³/mol. The smallest absolute Gasteiger partial charge is 0.233 e. The van der Waals surface area contributed by atoms with Crippen LogP contribution in [0, 0.1) is 6.92 Å². The van der Waals surface area contributed by atoms with Gasteiger partial charge in [-0.3, -0.25) is 4.79 Å². The first-order valence-corrected chi connectivity index (χ1v) is 10.5. The van der Waals surface area contributed by atoms with Crippen LogP contribution >= 0.6 is 0 Å². The van der Waals surface area contributed by atoms with Crippen molar-refractivity contribution in [3.63, 3.8) is 0 Å². The number of amides is 1. The number of aromatic nitrogens is 2. The van der Waals surface area contributed by atoms with Crippen molar-refractivity contribution in [3.05, 3.63) is 47.5 Å². The number of aryl methyl sites for hydroxylation is 1. The monoisotopic (exact) mass is 397 g/mol. The zero-order chi connectivity index (χ0) is 20.4. The number of likely N-dealkylation sites (tertiary alicyclic amines) is 1. The van der Waals surface area contributed by atoms with Crippen LogP contribution in [0.2, 0.25) is 0 Å². The number of hydrogen-bond donors (Lipinski definition) is 0. The molecule has 1 aliphatic carbocycles. The van der Waals surface area contributed by atoms with E-state index in [1.54, 1.807) is 14.2 Å². The summed E-state index contributed by atoms with van der Waals surface area (Å²) in [5, 5.41) is 0. The average Bonchev–Trinajstić information content (AvgIpc) is 3.27. The van der Waals surface area contributed by atoms with Crippen LogP contribution in [0.4, 0.5) is 0 Å². The van der Waals surface area contributed by atoms with Gasteiger partial charge in [-0.05, 0) is 50.3 Å². The molecule has 1 unspecified atom stereocenters. The van der Waals surface area contributed by atoms with E-state index in [2.05, 4.69) is 16.4 Å². The van der Waals surface area contributed by atoms with Crippen LogP contribution in [-0.4, -0.2) is 54.3 Å². The van der Waals surface area contributed by atoms with Gasteiger partial charge in [0.05, 0.1) is 12.5 Å². The maximum atomic E-state index is 13.4.